The molecule has 1 aromatic rings. The van der Waals surface area contributed by atoms with E-state index in [-0.39, 0.29) is 25.2 Å². The summed E-state index contributed by atoms with van der Waals surface area (Å²) >= 11 is 0. The van der Waals surface area contributed by atoms with Gasteiger partial charge in [-0.15, -0.1) is 0 Å². The Bertz CT molecular complexity index is 531. The van der Waals surface area contributed by atoms with Gasteiger partial charge in [0.2, 0.25) is 0 Å². The van der Waals surface area contributed by atoms with Gasteiger partial charge in [0.25, 0.3) is 0 Å². The van der Waals surface area contributed by atoms with Gasteiger partial charge < -0.3 is 14.4 Å². The van der Waals surface area contributed by atoms with E-state index in [0.29, 0.717) is 13.1 Å². The average molecular weight is 319 g/mol. The van der Waals surface area contributed by atoms with Gasteiger partial charge in [-0.3, -0.25) is 14.4 Å². The van der Waals surface area contributed by atoms with E-state index in [0.717, 1.165) is 17.5 Å². The molecular formula is C17H21NO5. The van der Waals surface area contributed by atoms with E-state index in [4.69, 9.17) is 9.47 Å². The molecule has 0 aliphatic heterocycles. The van der Waals surface area contributed by atoms with Crippen LogP contribution < -0.4 is 4.90 Å². The lowest BCUT2D eigenvalue weighted by atomic mass is 10.2. The maximum atomic E-state index is 10.9. The fraction of sp³-hybridized carbons (Fsp3) is 0.353. The van der Waals surface area contributed by atoms with E-state index in [1.54, 1.807) is 6.08 Å². The highest BCUT2D eigenvalue weighted by atomic mass is 16.5. The van der Waals surface area contributed by atoms with Crippen LogP contribution in [0.1, 0.15) is 19.4 Å². The van der Waals surface area contributed by atoms with Gasteiger partial charge in [0, 0.05) is 19.5 Å². The lowest BCUT2D eigenvalue weighted by Gasteiger charge is -2.24. The Balaban J connectivity index is 2.71. The molecule has 0 atom stereocenters. The van der Waals surface area contributed by atoms with Crippen LogP contribution >= 0.6 is 0 Å². The molecule has 0 fully saturated rings. The van der Waals surface area contributed by atoms with Crippen molar-refractivity contribution >= 4 is 30.0 Å². The molecule has 0 N–H and O–H groups in total. The number of carbonyl (C=O) groups excluding carboxylic acids is 3. The van der Waals surface area contributed by atoms with Crippen LogP contribution in [0.25, 0.3) is 6.08 Å². The number of benzene rings is 1. The van der Waals surface area contributed by atoms with E-state index >= 15 is 0 Å². The summed E-state index contributed by atoms with van der Waals surface area (Å²) in [5.74, 6) is -0.668. The van der Waals surface area contributed by atoms with E-state index in [9.17, 15) is 14.4 Å². The Kier molecular flexibility index (Phi) is 8.13. The van der Waals surface area contributed by atoms with E-state index in [1.165, 1.54) is 19.9 Å². The molecule has 0 heterocycles. The number of hydrogen-bond acceptors (Lipinski definition) is 6. The van der Waals surface area contributed by atoms with Gasteiger partial charge in [-0.2, -0.15) is 0 Å². The molecule has 0 aliphatic carbocycles. The predicted molar refractivity (Wildman–Crippen MR) is 87.0 cm³/mol. The number of nitrogens with zero attached hydrogens (tertiary/aromatic N) is 1. The number of aldehydes is 1. The predicted octanol–water partition coefficient (Wildman–Crippen LogP) is 1.83. The van der Waals surface area contributed by atoms with Crippen molar-refractivity contribution in [3.8, 4) is 0 Å². The fourth-order valence-electron chi connectivity index (χ4n) is 1.92. The summed E-state index contributed by atoms with van der Waals surface area (Å²) in [4.78, 5) is 34.0. The van der Waals surface area contributed by atoms with E-state index < -0.39 is 0 Å². The largest absolute Gasteiger partial charge is 0.464 e. The van der Waals surface area contributed by atoms with Gasteiger partial charge in [0.15, 0.2) is 0 Å². The van der Waals surface area contributed by atoms with Crippen molar-refractivity contribution in [2.45, 2.75) is 13.8 Å². The highest BCUT2D eigenvalue weighted by molar-refractivity contribution is 5.74. The molecule has 0 aromatic heterocycles. The molecule has 0 saturated carbocycles. The monoisotopic (exact) mass is 319 g/mol. The Morgan fingerprint density at radius 3 is 1.96 bits per heavy atom. The van der Waals surface area contributed by atoms with Crippen molar-refractivity contribution in [1.29, 1.82) is 0 Å². The number of ether oxygens (including phenoxy) is 2. The van der Waals surface area contributed by atoms with Crippen LogP contribution in [0.5, 0.6) is 0 Å². The Labute approximate surface area is 135 Å². The van der Waals surface area contributed by atoms with Gasteiger partial charge >= 0.3 is 11.9 Å². The second-order valence-electron chi connectivity index (χ2n) is 4.75. The number of hydrogen-bond donors (Lipinski definition) is 0. The van der Waals surface area contributed by atoms with Crippen molar-refractivity contribution in [3.63, 3.8) is 0 Å². The fourth-order valence-corrected chi connectivity index (χ4v) is 1.92. The highest BCUT2D eigenvalue weighted by Crippen LogP contribution is 2.16. The third kappa shape index (κ3) is 7.80. The number of carbonyl (C=O) groups is 3. The molecule has 6 nitrogen and oxygen atoms in total. The summed E-state index contributed by atoms with van der Waals surface area (Å²) in [6, 6.07) is 7.54. The minimum absolute atomic E-state index is 0.252. The van der Waals surface area contributed by atoms with Crippen LogP contribution in [0, 0.1) is 0 Å². The molecule has 23 heavy (non-hydrogen) atoms. The molecule has 0 saturated heterocycles. The summed E-state index contributed by atoms with van der Waals surface area (Å²) in [5.41, 5.74) is 1.81. The molecule has 1 aromatic carbocycles. The lowest BCUT2D eigenvalue weighted by Crippen LogP contribution is -2.31. The van der Waals surface area contributed by atoms with Crippen LogP contribution in [0.4, 0.5) is 5.69 Å². The molecule has 0 spiro atoms. The number of anilines is 1. The third-order valence-corrected chi connectivity index (χ3v) is 2.96. The Morgan fingerprint density at radius 1 is 1.00 bits per heavy atom. The third-order valence-electron chi connectivity index (χ3n) is 2.96. The molecule has 0 amide bonds. The zero-order valence-electron chi connectivity index (χ0n) is 13.4. The van der Waals surface area contributed by atoms with Crippen LogP contribution in [-0.2, 0) is 23.9 Å². The van der Waals surface area contributed by atoms with Gasteiger partial charge in [0.05, 0.1) is 13.1 Å². The zero-order chi connectivity index (χ0) is 17.1. The Morgan fingerprint density at radius 2 is 1.52 bits per heavy atom. The first-order chi connectivity index (χ1) is 11.0. The minimum atomic E-state index is -0.334. The molecule has 0 radical (unpaired) electrons. The molecule has 124 valence electrons. The van der Waals surface area contributed by atoms with Gasteiger partial charge in [-0.25, -0.2) is 0 Å². The van der Waals surface area contributed by atoms with Crippen molar-refractivity contribution in [2.24, 2.45) is 0 Å². The number of allylic oxidation sites excluding steroid dienone is 1. The van der Waals surface area contributed by atoms with E-state index in [1.807, 2.05) is 29.2 Å². The summed E-state index contributed by atoms with van der Waals surface area (Å²) in [6.07, 6.45) is 3.85. The van der Waals surface area contributed by atoms with Crippen LogP contribution in [0.3, 0.4) is 0 Å². The molecular weight excluding hydrogens is 298 g/mol. The normalized spacial score (nSPS) is 10.3. The summed E-state index contributed by atoms with van der Waals surface area (Å²) < 4.78 is 9.92. The van der Waals surface area contributed by atoms with Crippen molar-refractivity contribution in [2.75, 3.05) is 31.2 Å². The van der Waals surface area contributed by atoms with Gasteiger partial charge in [-0.05, 0) is 23.8 Å². The molecule has 1 rings (SSSR count). The minimum Gasteiger partial charge on any atom is -0.464 e. The number of esters is 2. The lowest BCUT2D eigenvalue weighted by molar-refractivity contribution is -0.141. The summed E-state index contributed by atoms with van der Waals surface area (Å²) in [7, 11) is 0. The summed E-state index contributed by atoms with van der Waals surface area (Å²) in [5, 5.41) is 0. The quantitative estimate of drug-likeness (QED) is 0.393. The maximum Gasteiger partial charge on any atom is 0.302 e. The second-order valence-corrected chi connectivity index (χ2v) is 4.75. The van der Waals surface area contributed by atoms with Crippen molar-refractivity contribution in [1.82, 2.24) is 0 Å². The molecule has 0 bridgehead atoms. The SMILES string of the molecule is CC(=O)OCCN(CCOC(C)=O)c1ccc(/C=C/C=O)cc1. The van der Waals surface area contributed by atoms with E-state index in [2.05, 4.69) is 0 Å². The van der Waals surface area contributed by atoms with Crippen molar-refractivity contribution < 1.29 is 23.9 Å². The molecule has 0 unspecified atom stereocenters. The van der Waals surface area contributed by atoms with Gasteiger partial charge in [0.1, 0.15) is 19.5 Å². The highest BCUT2D eigenvalue weighted by Gasteiger charge is 2.08. The summed E-state index contributed by atoms with van der Waals surface area (Å²) in [6.45, 7) is 4.20. The van der Waals surface area contributed by atoms with Crippen LogP contribution in [0.15, 0.2) is 30.3 Å². The average Bonchev–Trinajstić information content (AvgIpc) is 2.51. The molecule has 6 heteroatoms. The second kappa shape index (κ2) is 10.2. The van der Waals surface area contributed by atoms with Crippen molar-refractivity contribution in [3.05, 3.63) is 35.9 Å². The van der Waals surface area contributed by atoms with Gasteiger partial charge in [-0.1, -0.05) is 18.2 Å². The Hall–Kier alpha value is -2.63. The zero-order valence-corrected chi connectivity index (χ0v) is 13.4. The first-order valence-electron chi connectivity index (χ1n) is 7.26. The van der Waals surface area contributed by atoms with Crippen LogP contribution in [0.2, 0.25) is 0 Å². The first kappa shape index (κ1) is 18.4. The smallest absolute Gasteiger partial charge is 0.302 e. The maximum absolute atomic E-state index is 10.9. The van der Waals surface area contributed by atoms with Crippen LogP contribution in [-0.4, -0.2) is 44.5 Å². The first-order valence-corrected chi connectivity index (χ1v) is 7.26. The topological polar surface area (TPSA) is 72.9 Å². The molecule has 0 aliphatic rings. The number of rotatable bonds is 9. The standard InChI is InChI=1S/C17H21NO5/c1-14(20)22-12-9-18(10-13-23-15(2)21)17-7-5-16(6-8-17)4-3-11-19/h3-8,11H,9-10,12-13H2,1-2H3/b4-3+.